The van der Waals surface area contributed by atoms with Crippen molar-refractivity contribution in [2.75, 3.05) is 17.7 Å². The predicted octanol–water partition coefficient (Wildman–Crippen LogP) is 4.09. The molecule has 0 aliphatic heterocycles. The maximum atomic E-state index is 12.6. The van der Waals surface area contributed by atoms with Crippen LogP contribution in [0.15, 0.2) is 110 Å². The summed E-state index contributed by atoms with van der Waals surface area (Å²) in [6.45, 7) is 0. The summed E-state index contributed by atoms with van der Waals surface area (Å²) in [5.41, 5.74) is -0.313. The molecule has 4 aromatic carbocycles. The number of hydrogen-bond acceptors (Lipinski definition) is 14. The molecule has 6 N–H and O–H groups in total. The zero-order valence-electron chi connectivity index (χ0n) is 26.1. The summed E-state index contributed by atoms with van der Waals surface area (Å²) < 4.78 is 105. The lowest BCUT2D eigenvalue weighted by atomic mass is 10.1. The summed E-state index contributed by atoms with van der Waals surface area (Å²) in [5.74, 6) is -1.31. The molecule has 0 aliphatic rings. The lowest BCUT2D eigenvalue weighted by Gasteiger charge is -2.12. The van der Waals surface area contributed by atoms with Crippen LogP contribution in [0, 0.1) is 0 Å². The minimum Gasteiger partial charge on any atom is -0.478 e. The fourth-order valence-electron chi connectivity index (χ4n) is 5.18. The summed E-state index contributed by atoms with van der Waals surface area (Å²) in [4.78, 5) is 22.4. The molecule has 0 saturated heterocycles. The molecule has 6 aromatic rings. The van der Waals surface area contributed by atoms with Crippen LogP contribution in [-0.4, -0.2) is 72.0 Å². The van der Waals surface area contributed by atoms with Crippen molar-refractivity contribution in [3.8, 4) is 5.95 Å². The Labute approximate surface area is 293 Å². The maximum Gasteiger partial charge on any atom is 0.444 e. The van der Waals surface area contributed by atoms with Crippen LogP contribution in [0.25, 0.3) is 27.5 Å². The number of pyridine rings is 1. The molecule has 0 atom stereocenters. The van der Waals surface area contributed by atoms with E-state index in [4.69, 9.17) is 0 Å². The zero-order valence-corrected chi connectivity index (χ0v) is 28.6. The first-order valence-electron chi connectivity index (χ1n) is 14.4. The van der Waals surface area contributed by atoms with Crippen molar-refractivity contribution in [3.63, 3.8) is 0 Å². The quantitative estimate of drug-likeness (QED) is 0.0650. The van der Waals surface area contributed by atoms with E-state index in [9.17, 15) is 48.8 Å². The van der Waals surface area contributed by atoms with Gasteiger partial charge in [-0.05, 0) is 58.5 Å². The molecule has 2 heterocycles. The minimum atomic E-state index is -4.95. The molecule has 2 aromatic heterocycles. The molecular formula is C30H23N8O11S3+. The number of hydrogen-bond donors (Lipinski definition) is 6. The van der Waals surface area contributed by atoms with E-state index >= 15 is 0 Å². The highest BCUT2D eigenvalue weighted by Gasteiger charge is 2.24. The molecule has 0 radical (unpaired) electrons. The smallest absolute Gasteiger partial charge is 0.444 e. The second kappa shape index (κ2) is 13.3. The van der Waals surface area contributed by atoms with E-state index in [1.54, 1.807) is 0 Å². The standard InChI is InChI=1S/C30H22N8O11S3/c1-31-28-33-29(35-30(34-28)38-12-4-5-16(15-38)27(39)40)32-22-11-10-21(19-7-3-9-24(26(19)22)51(44,45)46)37-36-17-13-20-18(25(14-17)52(47,48)49)6-2-8-23(20)50(41,42)43/h2-15H,1H3,(H5-,31,32,33,34,35,36,39,40,41,42,43,44,45,46,47,48,49)/p+1. The molecule has 6 rings (SSSR count). The van der Waals surface area contributed by atoms with E-state index in [1.165, 1.54) is 72.5 Å². The average Bonchev–Trinajstić information content (AvgIpc) is 3.09. The number of aromatic carboxylic acids is 1. The number of rotatable bonds is 10. The van der Waals surface area contributed by atoms with Crippen LogP contribution < -0.4 is 15.2 Å². The first-order chi connectivity index (χ1) is 24.4. The molecule has 0 bridgehead atoms. The summed E-state index contributed by atoms with van der Waals surface area (Å²) in [7, 11) is -13.2. The number of anilines is 3. The van der Waals surface area contributed by atoms with E-state index in [0.29, 0.717) is 0 Å². The van der Waals surface area contributed by atoms with E-state index in [0.717, 1.165) is 24.3 Å². The first-order valence-corrected chi connectivity index (χ1v) is 18.7. The minimum absolute atomic E-state index is 0.0177. The molecule has 19 nitrogen and oxygen atoms in total. The Hall–Kier alpha value is -6.04. The Morgan fingerprint density at radius 2 is 1.37 bits per heavy atom. The Balaban J connectivity index is 1.50. The summed E-state index contributed by atoms with van der Waals surface area (Å²) in [5, 5.41) is 22.7. The Morgan fingerprint density at radius 1 is 0.712 bits per heavy atom. The molecule has 0 saturated carbocycles. The number of carbonyl (C=O) groups is 1. The molecule has 22 heteroatoms. The van der Waals surface area contributed by atoms with Gasteiger partial charge in [0.1, 0.15) is 14.7 Å². The lowest BCUT2D eigenvalue weighted by Crippen LogP contribution is -2.34. The number of carboxylic acid groups (broad SMARTS) is 1. The van der Waals surface area contributed by atoms with Gasteiger partial charge in [-0.3, -0.25) is 13.7 Å². The van der Waals surface area contributed by atoms with E-state index in [2.05, 4.69) is 35.8 Å². The second-order valence-electron chi connectivity index (χ2n) is 10.7. The van der Waals surface area contributed by atoms with Gasteiger partial charge in [0.25, 0.3) is 30.4 Å². The SMILES string of the molecule is CNc1nc(Nc2ccc(N=Nc3cc(S(=O)(=O)O)c4cccc(S(=O)(=O)O)c4c3)c3cccc(S(=O)(=O)O)c23)nc(-[n+]2cccc(C(=O)O)c2)n1. The number of aromatic nitrogens is 4. The Morgan fingerprint density at radius 3 is 2.02 bits per heavy atom. The molecule has 0 spiro atoms. The summed E-state index contributed by atoms with van der Waals surface area (Å²) in [6.07, 6.45) is 2.76. The number of benzene rings is 4. The topological polar surface area (TPSA) is 292 Å². The molecule has 0 aliphatic carbocycles. The summed E-state index contributed by atoms with van der Waals surface area (Å²) >= 11 is 0. The van der Waals surface area contributed by atoms with E-state index in [1.807, 2.05) is 0 Å². The molecule has 0 amide bonds. The van der Waals surface area contributed by atoms with Crippen LogP contribution >= 0.6 is 0 Å². The van der Waals surface area contributed by atoms with Gasteiger partial charge in [-0.25, -0.2) is 9.36 Å². The van der Waals surface area contributed by atoms with Crippen molar-refractivity contribution in [2.24, 2.45) is 10.2 Å². The van der Waals surface area contributed by atoms with Crippen molar-refractivity contribution >= 4 is 86.8 Å². The van der Waals surface area contributed by atoms with E-state index in [-0.39, 0.29) is 62.0 Å². The van der Waals surface area contributed by atoms with Gasteiger partial charge in [0.05, 0.1) is 35.0 Å². The number of carboxylic acids is 1. The van der Waals surface area contributed by atoms with Crippen molar-refractivity contribution in [1.29, 1.82) is 0 Å². The van der Waals surface area contributed by atoms with Crippen LogP contribution in [0.5, 0.6) is 0 Å². The summed E-state index contributed by atoms with van der Waals surface area (Å²) in [6, 6.07) is 14.9. The van der Waals surface area contributed by atoms with Crippen LogP contribution in [-0.2, 0) is 30.4 Å². The Kier molecular flexibility index (Phi) is 9.12. The van der Waals surface area contributed by atoms with Gasteiger partial charge < -0.3 is 15.7 Å². The van der Waals surface area contributed by atoms with Gasteiger partial charge in [0.15, 0.2) is 0 Å². The fourth-order valence-corrected chi connectivity index (χ4v) is 7.33. The number of nitrogens with one attached hydrogen (secondary N) is 2. The largest absolute Gasteiger partial charge is 0.478 e. The van der Waals surface area contributed by atoms with Crippen molar-refractivity contribution in [3.05, 3.63) is 90.8 Å². The van der Waals surface area contributed by atoms with Crippen LogP contribution in [0.4, 0.5) is 29.0 Å². The van der Waals surface area contributed by atoms with Gasteiger partial charge in [0.2, 0.25) is 0 Å². The van der Waals surface area contributed by atoms with Gasteiger partial charge in [-0.1, -0.05) is 24.3 Å². The normalized spacial score (nSPS) is 12.4. The zero-order chi connectivity index (χ0) is 37.6. The van der Waals surface area contributed by atoms with Crippen molar-refractivity contribution in [2.45, 2.75) is 14.7 Å². The van der Waals surface area contributed by atoms with Crippen molar-refractivity contribution < 1.29 is 53.4 Å². The van der Waals surface area contributed by atoms with Gasteiger partial charge in [0, 0.05) is 28.6 Å². The van der Waals surface area contributed by atoms with Gasteiger partial charge in [-0.15, -0.1) is 10.1 Å². The molecular weight excluding hydrogens is 745 g/mol. The lowest BCUT2D eigenvalue weighted by molar-refractivity contribution is -0.603. The van der Waals surface area contributed by atoms with Gasteiger partial charge in [-0.2, -0.15) is 30.4 Å². The highest BCUT2D eigenvalue weighted by molar-refractivity contribution is 7.86. The average molecular weight is 768 g/mol. The maximum absolute atomic E-state index is 12.6. The molecule has 52 heavy (non-hydrogen) atoms. The molecule has 0 fully saturated rings. The number of fused-ring (bicyclic) bond motifs is 2. The molecule has 266 valence electrons. The van der Waals surface area contributed by atoms with Crippen LogP contribution in [0.1, 0.15) is 10.4 Å². The third kappa shape index (κ3) is 7.23. The Bertz CT molecular complexity index is 2830. The first kappa shape index (κ1) is 35.8. The predicted molar refractivity (Wildman–Crippen MR) is 183 cm³/mol. The van der Waals surface area contributed by atoms with Crippen LogP contribution in [0.3, 0.4) is 0 Å². The number of azo groups is 1. The molecule has 0 unspecified atom stereocenters. The van der Waals surface area contributed by atoms with Crippen molar-refractivity contribution in [1.82, 2.24) is 15.0 Å². The van der Waals surface area contributed by atoms with Gasteiger partial charge >= 0.3 is 23.8 Å². The third-order valence-electron chi connectivity index (χ3n) is 7.36. The van der Waals surface area contributed by atoms with E-state index < -0.39 is 51.0 Å². The highest BCUT2D eigenvalue weighted by atomic mass is 32.2. The van der Waals surface area contributed by atoms with Crippen LogP contribution in [0.2, 0.25) is 0 Å². The monoisotopic (exact) mass is 767 g/mol. The number of nitrogens with zero attached hydrogens (tertiary/aromatic N) is 6. The second-order valence-corrected chi connectivity index (χ2v) is 14.9. The highest BCUT2D eigenvalue weighted by Crippen LogP contribution is 2.39. The fraction of sp³-hybridized carbons (Fsp3) is 0.0333. The third-order valence-corrected chi connectivity index (χ3v) is 10.1.